The molecule has 3 rings (SSSR count). The van der Waals surface area contributed by atoms with E-state index < -0.39 is 0 Å². The fraction of sp³-hybridized carbons (Fsp3) is 0.294. The van der Waals surface area contributed by atoms with Gasteiger partial charge in [-0.05, 0) is 37.6 Å². The van der Waals surface area contributed by atoms with Crippen molar-refractivity contribution in [3.8, 4) is 5.75 Å². The maximum atomic E-state index is 5.97. The van der Waals surface area contributed by atoms with Crippen molar-refractivity contribution in [1.82, 2.24) is 14.5 Å². The second-order valence-corrected chi connectivity index (χ2v) is 5.94. The molecule has 6 nitrogen and oxygen atoms in total. The number of rotatable bonds is 4. The molecule has 0 fully saturated rings. The van der Waals surface area contributed by atoms with Crippen LogP contribution in [0.4, 0.5) is 11.8 Å². The monoisotopic (exact) mass is 311 g/mol. The first-order valence-electron chi connectivity index (χ1n) is 7.55. The highest BCUT2D eigenvalue weighted by Crippen LogP contribution is 2.30. The molecule has 0 aliphatic heterocycles. The predicted octanol–water partition coefficient (Wildman–Crippen LogP) is 2.51. The summed E-state index contributed by atoms with van der Waals surface area (Å²) >= 11 is 0. The van der Waals surface area contributed by atoms with Crippen molar-refractivity contribution in [2.75, 3.05) is 11.5 Å². The number of anilines is 2. The highest BCUT2D eigenvalue weighted by atomic mass is 16.5. The highest BCUT2D eigenvalue weighted by molar-refractivity contribution is 5.87. The fourth-order valence-electron chi connectivity index (χ4n) is 2.64. The van der Waals surface area contributed by atoms with E-state index in [2.05, 4.69) is 32.7 Å². The molecule has 0 saturated carbocycles. The molecular formula is C17H21N5O. The first-order valence-corrected chi connectivity index (χ1v) is 7.55. The van der Waals surface area contributed by atoms with E-state index in [-0.39, 0.29) is 12.1 Å². The van der Waals surface area contributed by atoms with Crippen molar-refractivity contribution in [2.24, 2.45) is 7.05 Å². The molecule has 0 atom stereocenters. The number of fused-ring (bicyclic) bond motifs is 1. The Morgan fingerprint density at radius 3 is 2.74 bits per heavy atom. The zero-order chi connectivity index (χ0) is 16.6. The second-order valence-electron chi connectivity index (χ2n) is 5.94. The fourth-order valence-corrected chi connectivity index (χ4v) is 2.64. The Morgan fingerprint density at radius 2 is 2.04 bits per heavy atom. The summed E-state index contributed by atoms with van der Waals surface area (Å²) in [5.74, 6) is 1.48. The Bertz CT molecular complexity index is 854. The van der Waals surface area contributed by atoms with Crippen LogP contribution < -0.4 is 16.2 Å². The van der Waals surface area contributed by atoms with Gasteiger partial charge in [-0.2, -0.15) is 4.98 Å². The van der Waals surface area contributed by atoms with E-state index in [4.69, 9.17) is 16.2 Å². The summed E-state index contributed by atoms with van der Waals surface area (Å²) in [5, 5.41) is 1.10. The number of ether oxygens (including phenoxy) is 1. The minimum Gasteiger partial charge on any atom is -0.490 e. The third-order valence-electron chi connectivity index (χ3n) is 3.70. The normalized spacial score (nSPS) is 11.3. The van der Waals surface area contributed by atoms with Gasteiger partial charge in [-0.3, -0.25) is 0 Å². The van der Waals surface area contributed by atoms with Crippen LogP contribution >= 0.6 is 0 Å². The molecule has 0 aliphatic rings. The van der Waals surface area contributed by atoms with Crippen molar-refractivity contribution in [2.45, 2.75) is 26.4 Å². The number of aryl methyl sites for hydroxylation is 1. The molecule has 1 aromatic carbocycles. The van der Waals surface area contributed by atoms with Crippen LogP contribution in [-0.4, -0.2) is 20.6 Å². The lowest BCUT2D eigenvalue weighted by molar-refractivity contribution is 0.245. The molecule has 0 bridgehead atoms. The molecule has 0 amide bonds. The number of benzene rings is 1. The van der Waals surface area contributed by atoms with Gasteiger partial charge in [0.1, 0.15) is 11.6 Å². The Morgan fingerprint density at radius 1 is 1.26 bits per heavy atom. The van der Waals surface area contributed by atoms with E-state index in [1.165, 1.54) is 0 Å². The van der Waals surface area contributed by atoms with Gasteiger partial charge in [-0.15, -0.1) is 0 Å². The van der Waals surface area contributed by atoms with E-state index in [9.17, 15) is 0 Å². The standard InChI is InChI=1S/C17H21N5O/c1-10(2)23-15-8-11(7-14-13(15)4-5-22(14)3)6-12-9-20-17(19)21-16(12)18/h4-5,7-10H,6H2,1-3H3,(H4,18,19,20,21). The van der Waals surface area contributed by atoms with Gasteiger partial charge in [0.15, 0.2) is 0 Å². The molecule has 0 saturated heterocycles. The van der Waals surface area contributed by atoms with Gasteiger partial charge in [-0.1, -0.05) is 0 Å². The number of nitrogens with zero attached hydrogens (tertiary/aromatic N) is 3. The van der Waals surface area contributed by atoms with Crippen LogP contribution in [0.5, 0.6) is 5.75 Å². The van der Waals surface area contributed by atoms with Crippen LogP contribution in [0.25, 0.3) is 10.9 Å². The molecular weight excluding hydrogens is 290 g/mol. The molecule has 6 heteroatoms. The molecule has 0 radical (unpaired) electrons. The van der Waals surface area contributed by atoms with Crippen molar-refractivity contribution in [1.29, 1.82) is 0 Å². The van der Waals surface area contributed by atoms with Crippen molar-refractivity contribution >= 4 is 22.7 Å². The van der Waals surface area contributed by atoms with Crippen molar-refractivity contribution < 1.29 is 4.74 Å². The smallest absolute Gasteiger partial charge is 0.221 e. The van der Waals surface area contributed by atoms with Crippen molar-refractivity contribution in [3.05, 3.63) is 41.7 Å². The molecule has 23 heavy (non-hydrogen) atoms. The van der Waals surface area contributed by atoms with Crippen molar-refractivity contribution in [3.63, 3.8) is 0 Å². The number of aromatic nitrogens is 3. The van der Waals surface area contributed by atoms with Gasteiger partial charge >= 0.3 is 0 Å². The van der Waals surface area contributed by atoms with E-state index in [1.54, 1.807) is 6.20 Å². The molecule has 0 aliphatic carbocycles. The molecule has 0 unspecified atom stereocenters. The Balaban J connectivity index is 2.04. The average Bonchev–Trinajstić information content (AvgIpc) is 2.83. The Labute approximate surface area is 135 Å². The van der Waals surface area contributed by atoms with Crippen LogP contribution in [0.2, 0.25) is 0 Å². The number of nitrogen functional groups attached to an aromatic ring is 2. The van der Waals surface area contributed by atoms with Crippen LogP contribution in [-0.2, 0) is 13.5 Å². The van der Waals surface area contributed by atoms with Crippen LogP contribution in [0.3, 0.4) is 0 Å². The Hall–Kier alpha value is -2.76. The van der Waals surface area contributed by atoms with Gasteiger partial charge in [0, 0.05) is 36.8 Å². The van der Waals surface area contributed by atoms with Crippen LogP contribution in [0, 0.1) is 0 Å². The topological polar surface area (TPSA) is 92.0 Å². The third-order valence-corrected chi connectivity index (χ3v) is 3.70. The first kappa shape index (κ1) is 15.1. The van der Waals surface area contributed by atoms with Crippen LogP contribution in [0.1, 0.15) is 25.0 Å². The minimum atomic E-state index is 0.110. The lowest BCUT2D eigenvalue weighted by Crippen LogP contribution is -2.07. The molecule has 2 aromatic heterocycles. The highest BCUT2D eigenvalue weighted by Gasteiger charge is 2.11. The Kier molecular flexibility index (Phi) is 3.82. The molecule has 0 spiro atoms. The van der Waals surface area contributed by atoms with E-state index in [1.807, 2.05) is 27.1 Å². The summed E-state index contributed by atoms with van der Waals surface area (Å²) in [6.07, 6.45) is 4.44. The molecule has 120 valence electrons. The second kappa shape index (κ2) is 5.79. The minimum absolute atomic E-state index is 0.110. The van der Waals surface area contributed by atoms with E-state index in [0.29, 0.717) is 12.2 Å². The number of hydrogen-bond acceptors (Lipinski definition) is 5. The predicted molar refractivity (Wildman–Crippen MR) is 92.3 cm³/mol. The lowest BCUT2D eigenvalue weighted by Gasteiger charge is -2.14. The molecule has 2 heterocycles. The summed E-state index contributed by atoms with van der Waals surface area (Å²) in [7, 11) is 2.02. The van der Waals surface area contributed by atoms with Gasteiger partial charge in [-0.25, -0.2) is 4.98 Å². The first-order chi connectivity index (χ1) is 10.9. The maximum absolute atomic E-state index is 5.97. The van der Waals surface area contributed by atoms with Crippen LogP contribution in [0.15, 0.2) is 30.6 Å². The summed E-state index contributed by atoms with van der Waals surface area (Å²) in [6, 6.07) is 6.26. The van der Waals surface area contributed by atoms with E-state index >= 15 is 0 Å². The van der Waals surface area contributed by atoms with Gasteiger partial charge in [0.25, 0.3) is 0 Å². The average molecular weight is 311 g/mol. The molecule has 3 aromatic rings. The maximum Gasteiger partial charge on any atom is 0.221 e. The molecule has 4 N–H and O–H groups in total. The summed E-state index contributed by atoms with van der Waals surface area (Å²) in [4.78, 5) is 8.05. The number of nitrogens with two attached hydrogens (primary N) is 2. The SMILES string of the molecule is CC(C)Oc1cc(Cc2cnc(N)nc2N)cc2c1ccn2C. The van der Waals surface area contributed by atoms with Gasteiger partial charge in [0.2, 0.25) is 5.95 Å². The quantitative estimate of drug-likeness (QED) is 0.772. The zero-order valence-corrected chi connectivity index (χ0v) is 13.6. The van der Waals surface area contributed by atoms with Gasteiger partial charge in [0.05, 0.1) is 11.6 Å². The van der Waals surface area contributed by atoms with E-state index in [0.717, 1.165) is 27.8 Å². The number of hydrogen-bond donors (Lipinski definition) is 2. The zero-order valence-electron chi connectivity index (χ0n) is 13.6. The third kappa shape index (κ3) is 3.06. The lowest BCUT2D eigenvalue weighted by atomic mass is 10.0. The summed E-state index contributed by atoms with van der Waals surface area (Å²) in [6.45, 7) is 4.04. The van der Waals surface area contributed by atoms with Gasteiger partial charge < -0.3 is 20.8 Å². The summed E-state index contributed by atoms with van der Waals surface area (Å²) < 4.78 is 8.05. The summed E-state index contributed by atoms with van der Waals surface area (Å²) in [5.41, 5.74) is 14.6. The largest absolute Gasteiger partial charge is 0.490 e.